The Hall–Kier alpha value is -1.01. The molecule has 0 saturated carbocycles. The predicted molar refractivity (Wildman–Crippen MR) is 62.0 cm³/mol. The smallest absolute Gasteiger partial charge is 0.254 e. The van der Waals surface area contributed by atoms with E-state index in [-0.39, 0.29) is 12.0 Å². The molecule has 1 aliphatic rings. The van der Waals surface area contributed by atoms with Crippen LogP contribution in [-0.4, -0.2) is 28.6 Å². The molecule has 1 amide bonds. The number of hydrogen-bond donors (Lipinski definition) is 1. The Kier molecular flexibility index (Phi) is 3.84. The standard InChI is InChI=1S/C10H12BrN3O2/c11-8-5-13-9(6-12-8)14-10(15)7-3-1-2-4-16-7/h5-7H,1-4H2,(H,13,14,15). The van der Waals surface area contributed by atoms with E-state index in [1.165, 1.54) is 12.4 Å². The third-order valence-corrected chi connectivity index (χ3v) is 2.75. The van der Waals surface area contributed by atoms with Crippen molar-refractivity contribution in [3.05, 3.63) is 17.0 Å². The average Bonchev–Trinajstić information content (AvgIpc) is 2.33. The Morgan fingerprint density at radius 2 is 2.31 bits per heavy atom. The lowest BCUT2D eigenvalue weighted by molar-refractivity contribution is -0.130. The molecule has 0 aromatic carbocycles. The fraction of sp³-hybridized carbons (Fsp3) is 0.500. The van der Waals surface area contributed by atoms with E-state index in [0.717, 1.165) is 19.3 Å². The minimum absolute atomic E-state index is 0.142. The lowest BCUT2D eigenvalue weighted by atomic mass is 10.1. The number of anilines is 1. The van der Waals surface area contributed by atoms with Gasteiger partial charge in [-0.2, -0.15) is 0 Å². The summed E-state index contributed by atoms with van der Waals surface area (Å²) in [4.78, 5) is 19.7. The van der Waals surface area contributed by atoms with E-state index in [1.807, 2.05) is 0 Å². The Bertz CT molecular complexity index is 363. The first-order valence-corrected chi connectivity index (χ1v) is 5.95. The van der Waals surface area contributed by atoms with E-state index in [0.29, 0.717) is 17.0 Å². The van der Waals surface area contributed by atoms with Crippen LogP contribution in [0.1, 0.15) is 19.3 Å². The Morgan fingerprint density at radius 1 is 1.44 bits per heavy atom. The zero-order valence-corrected chi connectivity index (χ0v) is 10.2. The van der Waals surface area contributed by atoms with Gasteiger partial charge >= 0.3 is 0 Å². The number of ether oxygens (including phenoxy) is 1. The summed E-state index contributed by atoms with van der Waals surface area (Å²) in [5, 5.41) is 2.68. The van der Waals surface area contributed by atoms with Crippen molar-refractivity contribution in [3.8, 4) is 0 Å². The fourth-order valence-corrected chi connectivity index (χ4v) is 1.74. The summed E-state index contributed by atoms with van der Waals surface area (Å²) >= 11 is 3.18. The van der Waals surface area contributed by atoms with Crippen molar-refractivity contribution >= 4 is 27.7 Å². The van der Waals surface area contributed by atoms with Gasteiger partial charge in [-0.25, -0.2) is 9.97 Å². The maximum Gasteiger partial charge on any atom is 0.254 e. The lowest BCUT2D eigenvalue weighted by Gasteiger charge is -2.21. The molecular formula is C10H12BrN3O2. The van der Waals surface area contributed by atoms with Gasteiger partial charge in [-0.15, -0.1) is 0 Å². The summed E-state index contributed by atoms with van der Waals surface area (Å²) in [7, 11) is 0. The van der Waals surface area contributed by atoms with Crippen molar-refractivity contribution in [1.82, 2.24) is 9.97 Å². The minimum Gasteiger partial charge on any atom is -0.368 e. The lowest BCUT2D eigenvalue weighted by Crippen LogP contribution is -2.33. The molecule has 6 heteroatoms. The van der Waals surface area contributed by atoms with E-state index < -0.39 is 0 Å². The first kappa shape index (κ1) is 11.5. The molecule has 0 spiro atoms. The number of nitrogens with zero attached hydrogens (tertiary/aromatic N) is 2. The van der Waals surface area contributed by atoms with E-state index in [2.05, 4.69) is 31.2 Å². The zero-order valence-electron chi connectivity index (χ0n) is 8.65. The maximum atomic E-state index is 11.7. The second-order valence-electron chi connectivity index (χ2n) is 3.57. The van der Waals surface area contributed by atoms with Gasteiger partial charge in [0.1, 0.15) is 10.7 Å². The second-order valence-corrected chi connectivity index (χ2v) is 4.38. The first-order valence-electron chi connectivity index (χ1n) is 5.16. The third kappa shape index (κ3) is 2.99. The van der Waals surface area contributed by atoms with Crippen LogP contribution in [0.4, 0.5) is 5.82 Å². The summed E-state index contributed by atoms with van der Waals surface area (Å²) in [6.07, 6.45) is 5.53. The third-order valence-electron chi connectivity index (χ3n) is 2.34. The van der Waals surface area contributed by atoms with Gasteiger partial charge in [0.05, 0.1) is 12.4 Å². The van der Waals surface area contributed by atoms with Gasteiger partial charge in [-0.05, 0) is 35.2 Å². The Balaban J connectivity index is 1.93. The SMILES string of the molecule is O=C(Nc1cnc(Br)cn1)C1CCCCO1. The molecule has 0 radical (unpaired) electrons. The molecule has 0 bridgehead atoms. The number of carbonyl (C=O) groups excluding carboxylic acids is 1. The second kappa shape index (κ2) is 5.36. The molecule has 1 aromatic heterocycles. The van der Waals surface area contributed by atoms with Crippen LogP contribution in [0.15, 0.2) is 17.0 Å². The molecule has 86 valence electrons. The van der Waals surface area contributed by atoms with Crippen LogP contribution in [0.25, 0.3) is 0 Å². The molecule has 1 unspecified atom stereocenters. The number of aromatic nitrogens is 2. The minimum atomic E-state index is -0.348. The summed E-state index contributed by atoms with van der Waals surface area (Å²) in [5.41, 5.74) is 0. The molecule has 1 atom stereocenters. The largest absolute Gasteiger partial charge is 0.368 e. The summed E-state index contributed by atoms with van der Waals surface area (Å²) in [6, 6.07) is 0. The quantitative estimate of drug-likeness (QED) is 0.899. The summed E-state index contributed by atoms with van der Waals surface area (Å²) < 4.78 is 6.00. The van der Waals surface area contributed by atoms with Crippen LogP contribution in [0.3, 0.4) is 0 Å². The average molecular weight is 286 g/mol. The number of hydrogen-bond acceptors (Lipinski definition) is 4. The molecule has 16 heavy (non-hydrogen) atoms. The highest BCUT2D eigenvalue weighted by molar-refractivity contribution is 9.10. The van der Waals surface area contributed by atoms with Crippen LogP contribution in [0.2, 0.25) is 0 Å². The maximum absolute atomic E-state index is 11.7. The monoisotopic (exact) mass is 285 g/mol. The molecule has 1 fully saturated rings. The van der Waals surface area contributed by atoms with E-state index in [4.69, 9.17) is 4.74 Å². The number of amides is 1. The van der Waals surface area contributed by atoms with Crippen molar-refractivity contribution in [3.63, 3.8) is 0 Å². The van der Waals surface area contributed by atoms with Gasteiger partial charge in [0.25, 0.3) is 5.91 Å². The molecule has 2 heterocycles. The normalized spacial score (nSPS) is 20.4. The fourth-order valence-electron chi connectivity index (χ4n) is 1.53. The molecule has 1 N–H and O–H groups in total. The van der Waals surface area contributed by atoms with Gasteiger partial charge in [-0.3, -0.25) is 4.79 Å². The van der Waals surface area contributed by atoms with Gasteiger partial charge in [0.15, 0.2) is 5.82 Å². The van der Waals surface area contributed by atoms with E-state index in [1.54, 1.807) is 0 Å². The van der Waals surface area contributed by atoms with E-state index >= 15 is 0 Å². The first-order chi connectivity index (χ1) is 7.75. The topological polar surface area (TPSA) is 64.1 Å². The van der Waals surface area contributed by atoms with Crippen LogP contribution in [0.5, 0.6) is 0 Å². The molecule has 1 saturated heterocycles. The zero-order chi connectivity index (χ0) is 11.4. The molecule has 2 rings (SSSR count). The Morgan fingerprint density at radius 3 is 2.94 bits per heavy atom. The van der Waals surface area contributed by atoms with Gasteiger partial charge < -0.3 is 10.1 Å². The molecule has 5 nitrogen and oxygen atoms in total. The molecule has 1 aliphatic heterocycles. The molecule has 1 aromatic rings. The van der Waals surface area contributed by atoms with Crippen molar-refractivity contribution in [2.24, 2.45) is 0 Å². The molecular weight excluding hydrogens is 274 g/mol. The van der Waals surface area contributed by atoms with Crippen molar-refractivity contribution in [2.75, 3.05) is 11.9 Å². The van der Waals surface area contributed by atoms with Crippen LogP contribution in [0, 0.1) is 0 Å². The van der Waals surface area contributed by atoms with Crippen LogP contribution in [-0.2, 0) is 9.53 Å². The number of rotatable bonds is 2. The van der Waals surface area contributed by atoms with Gasteiger partial charge in [0.2, 0.25) is 0 Å². The van der Waals surface area contributed by atoms with Gasteiger partial charge in [-0.1, -0.05) is 0 Å². The van der Waals surface area contributed by atoms with E-state index in [9.17, 15) is 4.79 Å². The summed E-state index contributed by atoms with van der Waals surface area (Å²) in [6.45, 7) is 0.657. The highest BCUT2D eigenvalue weighted by Crippen LogP contribution is 2.14. The number of halogens is 1. The number of carbonyl (C=O) groups is 1. The molecule has 0 aliphatic carbocycles. The van der Waals surface area contributed by atoms with Crippen molar-refractivity contribution < 1.29 is 9.53 Å². The predicted octanol–water partition coefficient (Wildman–Crippen LogP) is 1.75. The number of nitrogens with one attached hydrogen (secondary N) is 1. The van der Waals surface area contributed by atoms with Gasteiger partial charge in [0, 0.05) is 6.61 Å². The van der Waals surface area contributed by atoms with Crippen molar-refractivity contribution in [2.45, 2.75) is 25.4 Å². The highest BCUT2D eigenvalue weighted by atomic mass is 79.9. The summed E-state index contributed by atoms with van der Waals surface area (Å²) in [5.74, 6) is 0.304. The van der Waals surface area contributed by atoms with Crippen molar-refractivity contribution in [1.29, 1.82) is 0 Å². The Labute approximate surface area is 102 Å². The van der Waals surface area contributed by atoms with Crippen LogP contribution >= 0.6 is 15.9 Å². The van der Waals surface area contributed by atoms with Crippen LogP contribution < -0.4 is 5.32 Å². The highest BCUT2D eigenvalue weighted by Gasteiger charge is 2.22.